The molecule has 1 unspecified atom stereocenters. The minimum absolute atomic E-state index is 0.0747. The summed E-state index contributed by atoms with van der Waals surface area (Å²) in [4.78, 5) is 14.0. The van der Waals surface area contributed by atoms with Crippen LogP contribution in [0.1, 0.15) is 39.5 Å². The highest BCUT2D eigenvalue weighted by molar-refractivity contribution is 7.92. The standard InChI is InChI=1S/C12H23NO4S/c1-12(2,18(3,16)17)11(15)13-8-4-6-10(13)7-5-9-14/h10,14H,4-9H2,1-3H3. The molecule has 0 aromatic rings. The normalized spacial score (nSPS) is 21.3. The monoisotopic (exact) mass is 277 g/mol. The van der Waals surface area contributed by atoms with Crippen LogP contribution >= 0.6 is 0 Å². The molecule has 0 aliphatic carbocycles. The van der Waals surface area contributed by atoms with Crippen LogP contribution in [0.2, 0.25) is 0 Å². The number of sulfone groups is 1. The maximum absolute atomic E-state index is 12.4. The molecule has 0 aromatic heterocycles. The van der Waals surface area contributed by atoms with E-state index in [0.29, 0.717) is 13.0 Å². The molecule has 0 spiro atoms. The van der Waals surface area contributed by atoms with Gasteiger partial charge in [-0.2, -0.15) is 0 Å². The molecule has 1 fully saturated rings. The van der Waals surface area contributed by atoms with Crippen LogP contribution in [-0.2, 0) is 14.6 Å². The lowest BCUT2D eigenvalue weighted by atomic mass is 10.1. The molecule has 5 nitrogen and oxygen atoms in total. The lowest BCUT2D eigenvalue weighted by Crippen LogP contribution is -2.51. The Morgan fingerprint density at radius 1 is 1.44 bits per heavy atom. The van der Waals surface area contributed by atoms with E-state index in [2.05, 4.69) is 0 Å². The molecule has 0 aromatic carbocycles. The van der Waals surface area contributed by atoms with E-state index in [1.54, 1.807) is 4.90 Å². The third-order valence-electron chi connectivity index (χ3n) is 3.78. The van der Waals surface area contributed by atoms with Crippen molar-refractivity contribution in [2.24, 2.45) is 0 Å². The first-order chi connectivity index (χ1) is 8.21. The summed E-state index contributed by atoms with van der Waals surface area (Å²) in [6.45, 7) is 3.65. The fourth-order valence-electron chi connectivity index (χ4n) is 2.23. The first-order valence-electron chi connectivity index (χ1n) is 6.33. The Morgan fingerprint density at radius 2 is 2.06 bits per heavy atom. The molecule has 0 saturated carbocycles. The molecule has 1 atom stereocenters. The van der Waals surface area contributed by atoms with E-state index in [0.717, 1.165) is 25.5 Å². The number of rotatable bonds is 5. The van der Waals surface area contributed by atoms with E-state index in [1.165, 1.54) is 13.8 Å². The van der Waals surface area contributed by atoms with Gasteiger partial charge in [-0.3, -0.25) is 4.79 Å². The Bertz CT molecular complexity index is 402. The Morgan fingerprint density at radius 3 is 2.56 bits per heavy atom. The molecule has 1 heterocycles. The summed E-state index contributed by atoms with van der Waals surface area (Å²) in [5.74, 6) is -0.314. The van der Waals surface area contributed by atoms with Crippen molar-refractivity contribution in [1.82, 2.24) is 4.90 Å². The van der Waals surface area contributed by atoms with E-state index >= 15 is 0 Å². The average molecular weight is 277 g/mol. The summed E-state index contributed by atoms with van der Waals surface area (Å²) in [6, 6.07) is 0.0747. The summed E-state index contributed by atoms with van der Waals surface area (Å²) in [5, 5.41) is 8.84. The van der Waals surface area contributed by atoms with Crippen LogP contribution in [-0.4, -0.2) is 54.5 Å². The zero-order valence-corrected chi connectivity index (χ0v) is 12.2. The van der Waals surface area contributed by atoms with Crippen LogP contribution < -0.4 is 0 Å². The van der Waals surface area contributed by atoms with Crippen LogP contribution in [0.25, 0.3) is 0 Å². The highest BCUT2D eigenvalue weighted by Gasteiger charge is 2.44. The molecule has 1 amide bonds. The maximum atomic E-state index is 12.4. The number of amides is 1. The van der Waals surface area contributed by atoms with Crippen molar-refractivity contribution in [2.45, 2.75) is 50.3 Å². The van der Waals surface area contributed by atoms with Crippen LogP contribution in [0.4, 0.5) is 0 Å². The Hall–Kier alpha value is -0.620. The number of hydrogen-bond acceptors (Lipinski definition) is 4. The molecule has 1 rings (SSSR count). The third kappa shape index (κ3) is 3.03. The Labute approximate surface area is 109 Å². The number of aliphatic hydroxyl groups is 1. The van der Waals surface area contributed by atoms with Crippen LogP contribution in [0.5, 0.6) is 0 Å². The molecule has 18 heavy (non-hydrogen) atoms. The van der Waals surface area contributed by atoms with E-state index in [4.69, 9.17) is 5.11 Å². The quantitative estimate of drug-likeness (QED) is 0.797. The second-order valence-electron chi connectivity index (χ2n) is 5.44. The number of likely N-dealkylation sites (tertiary alicyclic amines) is 1. The predicted molar refractivity (Wildman–Crippen MR) is 70.0 cm³/mol. The summed E-state index contributed by atoms with van der Waals surface area (Å²) in [5.41, 5.74) is 0. The van der Waals surface area contributed by atoms with Crippen LogP contribution in [0, 0.1) is 0 Å². The van der Waals surface area contributed by atoms with Crippen molar-refractivity contribution < 1.29 is 18.3 Å². The number of nitrogens with zero attached hydrogens (tertiary/aromatic N) is 1. The van der Waals surface area contributed by atoms with Gasteiger partial charge in [0.1, 0.15) is 4.75 Å². The van der Waals surface area contributed by atoms with E-state index in [1.807, 2.05) is 0 Å². The Kier molecular flexibility index (Phi) is 4.78. The van der Waals surface area contributed by atoms with Crippen LogP contribution in [0.15, 0.2) is 0 Å². The highest BCUT2D eigenvalue weighted by atomic mass is 32.2. The smallest absolute Gasteiger partial charge is 0.243 e. The van der Waals surface area contributed by atoms with Gasteiger partial charge in [-0.05, 0) is 39.5 Å². The van der Waals surface area contributed by atoms with Gasteiger partial charge in [0.05, 0.1) is 0 Å². The lowest BCUT2D eigenvalue weighted by molar-refractivity contribution is -0.134. The minimum atomic E-state index is -3.42. The molecular formula is C12H23NO4S. The van der Waals surface area contributed by atoms with Crippen molar-refractivity contribution >= 4 is 15.7 Å². The van der Waals surface area contributed by atoms with Gasteiger partial charge in [0.25, 0.3) is 0 Å². The molecule has 1 saturated heterocycles. The van der Waals surface area contributed by atoms with E-state index in [9.17, 15) is 13.2 Å². The third-order valence-corrected chi connectivity index (χ3v) is 5.80. The SMILES string of the molecule is CC(C)(C(=O)N1CCCC1CCCO)S(C)(=O)=O. The fourth-order valence-corrected chi connectivity index (χ4v) is 2.67. The minimum Gasteiger partial charge on any atom is -0.396 e. The molecule has 1 aliphatic heterocycles. The maximum Gasteiger partial charge on any atom is 0.243 e. The van der Waals surface area contributed by atoms with Crippen molar-refractivity contribution in [1.29, 1.82) is 0 Å². The second-order valence-corrected chi connectivity index (χ2v) is 8.01. The first kappa shape index (κ1) is 15.4. The van der Waals surface area contributed by atoms with Crippen molar-refractivity contribution in [2.75, 3.05) is 19.4 Å². The van der Waals surface area contributed by atoms with Crippen molar-refractivity contribution in [3.8, 4) is 0 Å². The topological polar surface area (TPSA) is 74.7 Å². The van der Waals surface area contributed by atoms with E-state index < -0.39 is 14.6 Å². The first-order valence-corrected chi connectivity index (χ1v) is 8.22. The summed E-state index contributed by atoms with van der Waals surface area (Å²) in [6.07, 6.45) is 4.28. The van der Waals surface area contributed by atoms with Crippen molar-refractivity contribution in [3.63, 3.8) is 0 Å². The fraction of sp³-hybridized carbons (Fsp3) is 0.917. The number of carbonyl (C=O) groups is 1. The van der Waals surface area contributed by atoms with Gasteiger partial charge in [0, 0.05) is 25.4 Å². The summed E-state index contributed by atoms with van der Waals surface area (Å²) < 4.78 is 22.0. The molecule has 106 valence electrons. The highest BCUT2D eigenvalue weighted by Crippen LogP contribution is 2.27. The molecular weight excluding hydrogens is 254 g/mol. The van der Waals surface area contributed by atoms with Gasteiger partial charge >= 0.3 is 0 Å². The van der Waals surface area contributed by atoms with Crippen molar-refractivity contribution in [3.05, 3.63) is 0 Å². The van der Waals surface area contributed by atoms with Gasteiger partial charge in [-0.25, -0.2) is 8.42 Å². The molecule has 1 aliphatic rings. The zero-order chi connectivity index (χ0) is 14.0. The molecule has 0 radical (unpaired) electrons. The lowest BCUT2D eigenvalue weighted by Gasteiger charge is -2.32. The molecule has 6 heteroatoms. The average Bonchev–Trinajstić information content (AvgIpc) is 2.71. The van der Waals surface area contributed by atoms with Crippen LogP contribution in [0.3, 0.4) is 0 Å². The molecule has 1 N–H and O–H groups in total. The van der Waals surface area contributed by atoms with Gasteiger partial charge < -0.3 is 10.0 Å². The van der Waals surface area contributed by atoms with Gasteiger partial charge in [-0.15, -0.1) is 0 Å². The summed E-state index contributed by atoms with van der Waals surface area (Å²) >= 11 is 0. The molecule has 0 bridgehead atoms. The Balaban J connectivity index is 2.83. The van der Waals surface area contributed by atoms with Gasteiger partial charge in [0.2, 0.25) is 5.91 Å². The number of carbonyl (C=O) groups excluding carboxylic acids is 1. The largest absolute Gasteiger partial charge is 0.396 e. The number of hydrogen-bond donors (Lipinski definition) is 1. The number of aliphatic hydroxyl groups excluding tert-OH is 1. The van der Waals surface area contributed by atoms with Gasteiger partial charge in [0.15, 0.2) is 9.84 Å². The van der Waals surface area contributed by atoms with E-state index in [-0.39, 0.29) is 18.6 Å². The van der Waals surface area contributed by atoms with Gasteiger partial charge in [-0.1, -0.05) is 0 Å². The summed E-state index contributed by atoms with van der Waals surface area (Å²) in [7, 11) is -3.42. The zero-order valence-electron chi connectivity index (χ0n) is 11.3. The predicted octanol–water partition coefficient (Wildman–Crippen LogP) is 0.573. The second kappa shape index (κ2) is 5.57.